The Kier molecular flexibility index (Phi) is 5.30. The molecule has 3 aliphatic rings. The predicted octanol–water partition coefficient (Wildman–Crippen LogP) is 1.05. The number of allylic oxidation sites excluding steroid dienone is 3. The van der Waals surface area contributed by atoms with E-state index < -0.39 is 29.8 Å². The fourth-order valence-electron chi connectivity index (χ4n) is 5.41. The Hall–Kier alpha value is -2.37. The second kappa shape index (κ2) is 7.89. The van der Waals surface area contributed by atoms with Crippen LogP contribution in [0.3, 0.4) is 0 Å². The van der Waals surface area contributed by atoms with Crippen LogP contribution in [0.5, 0.6) is 0 Å². The van der Waals surface area contributed by atoms with Gasteiger partial charge in [-0.3, -0.25) is 4.57 Å². The Balaban J connectivity index is 1.53. The summed E-state index contributed by atoms with van der Waals surface area (Å²) in [5.41, 5.74) is -0.453. The van der Waals surface area contributed by atoms with Gasteiger partial charge < -0.3 is 30.1 Å². The second-order valence-corrected chi connectivity index (χ2v) is 8.91. The lowest BCUT2D eigenvalue weighted by molar-refractivity contribution is -0.140. The van der Waals surface area contributed by atoms with Gasteiger partial charge in [-0.05, 0) is 44.1 Å². The first-order valence-corrected chi connectivity index (χ1v) is 11.0. The number of nitrogens with one attached hydrogen (secondary N) is 1. The van der Waals surface area contributed by atoms with Crippen molar-refractivity contribution in [3.8, 4) is 0 Å². The molecule has 0 spiro atoms. The maximum atomic E-state index is 11.5. The molecule has 32 heavy (non-hydrogen) atoms. The van der Waals surface area contributed by atoms with Crippen LogP contribution >= 0.6 is 0 Å². The summed E-state index contributed by atoms with van der Waals surface area (Å²) >= 11 is 0. The van der Waals surface area contributed by atoms with Crippen LogP contribution in [0.25, 0.3) is 11.2 Å². The molecule has 2 fully saturated rings. The molecule has 10 heteroatoms. The van der Waals surface area contributed by atoms with Crippen molar-refractivity contribution < 1.29 is 24.8 Å². The molecule has 10 nitrogen and oxygen atoms in total. The monoisotopic (exact) mass is 443 g/mol. The van der Waals surface area contributed by atoms with Crippen molar-refractivity contribution in [2.24, 2.45) is 5.92 Å². The van der Waals surface area contributed by atoms with Crippen molar-refractivity contribution in [1.29, 1.82) is 0 Å². The highest BCUT2D eigenvalue weighted by molar-refractivity contribution is 5.83. The summed E-state index contributed by atoms with van der Waals surface area (Å²) in [6.45, 7) is 1.41. The average Bonchev–Trinajstić information content (AvgIpc) is 3.34. The number of hydrogen-bond donors (Lipinski definition) is 4. The molecule has 0 aromatic carbocycles. The van der Waals surface area contributed by atoms with E-state index in [1.165, 1.54) is 13.4 Å². The number of fused-ring (bicyclic) bond motifs is 2. The molecular weight excluding hydrogens is 414 g/mol. The van der Waals surface area contributed by atoms with Crippen molar-refractivity contribution >= 4 is 17.0 Å². The third-order valence-corrected chi connectivity index (χ3v) is 7.02. The Bertz CT molecular complexity index is 1070. The highest BCUT2D eigenvalue weighted by atomic mass is 16.6. The number of hydrogen-bond acceptors (Lipinski definition) is 9. The normalized spacial score (nSPS) is 36.8. The topological polar surface area (TPSA) is 135 Å². The predicted molar refractivity (Wildman–Crippen MR) is 115 cm³/mol. The first kappa shape index (κ1) is 21.5. The zero-order valence-electron chi connectivity index (χ0n) is 18.2. The van der Waals surface area contributed by atoms with Crippen molar-refractivity contribution in [3.05, 3.63) is 36.5 Å². The molecule has 4 N–H and O–H groups in total. The zero-order valence-corrected chi connectivity index (χ0v) is 18.2. The third kappa shape index (κ3) is 3.17. The van der Waals surface area contributed by atoms with Crippen LogP contribution in [0.4, 0.5) is 5.82 Å². The van der Waals surface area contributed by atoms with Gasteiger partial charge in [0.05, 0.1) is 12.9 Å². The minimum atomic E-state index is -1.21. The summed E-state index contributed by atoms with van der Waals surface area (Å²) in [6, 6.07) is 0. The number of rotatable bonds is 5. The molecule has 2 aliphatic carbocycles. The standard InChI is InChI=1S/C22H29N5O5/c1-21(18(31-2)17(29)15(10-28)32-21)27-12-25-16-19(23-11-24-20(16)27)26-22(30)9-5-7-13-6-3-4-8-14(13)22/h3-4,8,11-13,15,17-18,28-30H,5-7,9-10H2,1-2H3,(H,23,24,26)/t13?,15-,17-,18-,21-,22?/m1/s1. The van der Waals surface area contributed by atoms with Gasteiger partial charge in [0.15, 0.2) is 28.4 Å². The molecule has 2 unspecified atom stereocenters. The van der Waals surface area contributed by atoms with E-state index in [-0.39, 0.29) is 6.61 Å². The van der Waals surface area contributed by atoms with Crippen LogP contribution < -0.4 is 5.32 Å². The molecule has 6 atom stereocenters. The van der Waals surface area contributed by atoms with Gasteiger partial charge in [-0.25, -0.2) is 15.0 Å². The molecule has 2 aromatic heterocycles. The summed E-state index contributed by atoms with van der Waals surface area (Å²) in [4.78, 5) is 13.3. The minimum Gasteiger partial charge on any atom is -0.394 e. The van der Waals surface area contributed by atoms with Crippen LogP contribution in [0.15, 0.2) is 36.5 Å². The molecule has 1 aliphatic heterocycles. The van der Waals surface area contributed by atoms with Gasteiger partial charge in [-0.2, -0.15) is 0 Å². The number of aromatic nitrogens is 4. The maximum Gasteiger partial charge on any atom is 0.174 e. The number of aliphatic hydroxyl groups excluding tert-OH is 2. The van der Waals surface area contributed by atoms with E-state index in [0.717, 1.165) is 24.8 Å². The van der Waals surface area contributed by atoms with Gasteiger partial charge in [0.2, 0.25) is 0 Å². The van der Waals surface area contributed by atoms with Crippen molar-refractivity contribution in [1.82, 2.24) is 19.5 Å². The van der Waals surface area contributed by atoms with Crippen LogP contribution in [-0.2, 0) is 15.2 Å². The molecule has 0 bridgehead atoms. The fraction of sp³-hybridized carbons (Fsp3) is 0.591. The van der Waals surface area contributed by atoms with Crippen molar-refractivity contribution in [3.63, 3.8) is 0 Å². The summed E-state index contributed by atoms with van der Waals surface area (Å²) in [5.74, 6) is 0.730. The molecule has 2 aromatic rings. The van der Waals surface area contributed by atoms with Gasteiger partial charge >= 0.3 is 0 Å². The largest absolute Gasteiger partial charge is 0.394 e. The molecule has 5 rings (SSSR count). The first-order valence-electron chi connectivity index (χ1n) is 11.0. The highest BCUT2D eigenvalue weighted by Crippen LogP contribution is 2.43. The number of ether oxygens (including phenoxy) is 2. The quantitative estimate of drug-likeness (QED) is 0.500. The van der Waals surface area contributed by atoms with E-state index in [2.05, 4.69) is 26.3 Å². The zero-order chi connectivity index (χ0) is 22.5. The highest BCUT2D eigenvalue weighted by Gasteiger charge is 2.54. The lowest BCUT2D eigenvalue weighted by Gasteiger charge is -2.41. The third-order valence-electron chi connectivity index (χ3n) is 7.02. The number of imidazole rings is 1. The Morgan fingerprint density at radius 3 is 2.97 bits per heavy atom. The minimum absolute atomic E-state index is 0.311. The smallest absolute Gasteiger partial charge is 0.174 e. The van der Waals surface area contributed by atoms with E-state index >= 15 is 0 Å². The number of anilines is 1. The summed E-state index contributed by atoms with van der Waals surface area (Å²) in [5, 5.41) is 34.9. The summed E-state index contributed by atoms with van der Waals surface area (Å²) < 4.78 is 13.2. The van der Waals surface area contributed by atoms with Gasteiger partial charge in [-0.15, -0.1) is 0 Å². The average molecular weight is 444 g/mol. The Labute approximate surface area is 185 Å². The van der Waals surface area contributed by atoms with E-state index in [0.29, 0.717) is 29.3 Å². The molecule has 172 valence electrons. The van der Waals surface area contributed by atoms with Crippen molar-refractivity contribution in [2.45, 2.75) is 62.4 Å². The van der Waals surface area contributed by atoms with Gasteiger partial charge in [0.25, 0.3) is 0 Å². The van der Waals surface area contributed by atoms with Gasteiger partial charge in [-0.1, -0.05) is 18.2 Å². The second-order valence-electron chi connectivity index (χ2n) is 8.91. The van der Waals surface area contributed by atoms with E-state index in [1.807, 2.05) is 12.2 Å². The van der Waals surface area contributed by atoms with Crippen LogP contribution in [0.1, 0.15) is 32.6 Å². The molecule has 1 saturated heterocycles. The first-order chi connectivity index (χ1) is 15.4. The Morgan fingerprint density at radius 1 is 1.34 bits per heavy atom. The molecule has 0 radical (unpaired) electrons. The van der Waals surface area contributed by atoms with E-state index in [1.54, 1.807) is 17.8 Å². The van der Waals surface area contributed by atoms with Crippen LogP contribution in [0.2, 0.25) is 0 Å². The molecular formula is C22H29N5O5. The number of methoxy groups -OCH3 is 1. The van der Waals surface area contributed by atoms with Gasteiger partial charge in [0.1, 0.15) is 24.6 Å². The number of nitrogens with zero attached hydrogens (tertiary/aromatic N) is 4. The summed E-state index contributed by atoms with van der Waals surface area (Å²) in [6.07, 6.45) is 9.97. The molecule has 3 heterocycles. The lowest BCUT2D eigenvalue weighted by Crippen LogP contribution is -2.46. The van der Waals surface area contributed by atoms with Crippen LogP contribution in [-0.4, -0.2) is 72.6 Å². The number of aliphatic hydroxyl groups is 3. The summed E-state index contributed by atoms with van der Waals surface area (Å²) in [7, 11) is 1.48. The van der Waals surface area contributed by atoms with Crippen molar-refractivity contribution in [2.75, 3.05) is 19.0 Å². The fourth-order valence-corrected chi connectivity index (χ4v) is 5.41. The van der Waals surface area contributed by atoms with E-state index in [4.69, 9.17) is 9.47 Å². The lowest BCUT2D eigenvalue weighted by atomic mass is 9.74. The van der Waals surface area contributed by atoms with Gasteiger partial charge in [0, 0.05) is 7.11 Å². The van der Waals surface area contributed by atoms with Crippen LogP contribution in [0, 0.1) is 5.92 Å². The van der Waals surface area contributed by atoms with E-state index in [9.17, 15) is 15.3 Å². The SMILES string of the molecule is CO[C@@H]1[C@H](O)[C@@H](CO)O[C@@]1(C)n1cnc2c(NC3(O)CCCC4CC=CC=C43)ncnc21. The molecule has 0 amide bonds. The Morgan fingerprint density at radius 2 is 2.19 bits per heavy atom. The maximum absolute atomic E-state index is 11.5. The molecule has 1 saturated carbocycles.